The minimum atomic E-state index is 0.0224. The molecule has 1 saturated heterocycles. The van der Waals surface area contributed by atoms with Crippen molar-refractivity contribution in [3.8, 4) is 0 Å². The number of piperidine rings is 1. The molecule has 1 aliphatic heterocycles. The third-order valence-corrected chi connectivity index (χ3v) is 3.52. The van der Waals surface area contributed by atoms with Gasteiger partial charge in [-0.15, -0.1) is 0 Å². The first kappa shape index (κ1) is 13.1. The summed E-state index contributed by atoms with van der Waals surface area (Å²) < 4.78 is 0. The Balaban J connectivity index is 1.92. The molecule has 1 heterocycles. The van der Waals surface area contributed by atoms with Crippen molar-refractivity contribution in [2.45, 2.75) is 38.8 Å². The molecule has 1 atom stereocenters. The Morgan fingerprint density at radius 1 is 1.33 bits per heavy atom. The second kappa shape index (κ2) is 6.01. The molecule has 0 bridgehead atoms. The van der Waals surface area contributed by atoms with Gasteiger partial charge in [-0.3, -0.25) is 4.79 Å². The largest absolute Gasteiger partial charge is 0.340 e. The van der Waals surface area contributed by atoms with Crippen LogP contribution in [0, 0.1) is 6.92 Å². The highest BCUT2D eigenvalue weighted by molar-refractivity contribution is 5.81. The zero-order valence-electron chi connectivity index (χ0n) is 11.3. The van der Waals surface area contributed by atoms with E-state index in [0.29, 0.717) is 6.54 Å². The molecule has 1 aromatic carbocycles. The van der Waals surface area contributed by atoms with Crippen LogP contribution in [0.25, 0.3) is 0 Å². The van der Waals surface area contributed by atoms with Crippen molar-refractivity contribution >= 4 is 5.91 Å². The molecule has 18 heavy (non-hydrogen) atoms. The van der Waals surface area contributed by atoms with E-state index in [4.69, 9.17) is 0 Å². The van der Waals surface area contributed by atoms with Crippen LogP contribution in [-0.2, 0) is 11.3 Å². The molecule has 2 rings (SSSR count). The summed E-state index contributed by atoms with van der Waals surface area (Å²) in [6.07, 6.45) is 3.31. The van der Waals surface area contributed by atoms with Gasteiger partial charge in [0.05, 0.1) is 6.04 Å². The van der Waals surface area contributed by atoms with Gasteiger partial charge in [-0.1, -0.05) is 36.2 Å². The summed E-state index contributed by atoms with van der Waals surface area (Å²) in [4.78, 5) is 14.1. The van der Waals surface area contributed by atoms with Crippen LogP contribution in [-0.4, -0.2) is 30.4 Å². The van der Waals surface area contributed by atoms with E-state index < -0.39 is 0 Å². The first-order chi connectivity index (χ1) is 8.66. The van der Waals surface area contributed by atoms with E-state index in [2.05, 4.69) is 36.5 Å². The van der Waals surface area contributed by atoms with Gasteiger partial charge >= 0.3 is 0 Å². The van der Waals surface area contributed by atoms with E-state index >= 15 is 0 Å². The topological polar surface area (TPSA) is 32.3 Å². The third kappa shape index (κ3) is 3.33. The molecule has 0 aliphatic carbocycles. The highest BCUT2D eigenvalue weighted by Crippen LogP contribution is 2.11. The van der Waals surface area contributed by atoms with Crippen molar-refractivity contribution in [2.24, 2.45) is 0 Å². The van der Waals surface area contributed by atoms with Gasteiger partial charge in [0.2, 0.25) is 5.91 Å². The number of nitrogens with zero attached hydrogens (tertiary/aromatic N) is 1. The predicted octanol–water partition coefficient (Wildman–Crippen LogP) is 2.10. The van der Waals surface area contributed by atoms with Crippen molar-refractivity contribution in [1.29, 1.82) is 0 Å². The standard InChI is InChI=1S/C15H22N2O/c1-12-6-8-13(9-7-12)11-17(2)15(18)14-5-3-4-10-16-14/h6-9,14,16H,3-5,10-11H2,1-2H3/t14-/m1/s1. The van der Waals surface area contributed by atoms with Crippen LogP contribution in [0.3, 0.4) is 0 Å². The first-order valence-electron chi connectivity index (χ1n) is 6.71. The van der Waals surface area contributed by atoms with Crippen LogP contribution in [0.2, 0.25) is 0 Å². The lowest BCUT2D eigenvalue weighted by Crippen LogP contribution is -2.46. The number of hydrogen-bond donors (Lipinski definition) is 1. The second-order valence-corrected chi connectivity index (χ2v) is 5.18. The van der Waals surface area contributed by atoms with Crippen LogP contribution in [0.4, 0.5) is 0 Å². The number of rotatable bonds is 3. The Labute approximate surface area is 109 Å². The maximum atomic E-state index is 12.2. The van der Waals surface area contributed by atoms with Crippen molar-refractivity contribution in [3.63, 3.8) is 0 Å². The van der Waals surface area contributed by atoms with Gasteiger partial charge in [0.15, 0.2) is 0 Å². The smallest absolute Gasteiger partial charge is 0.239 e. The highest BCUT2D eigenvalue weighted by Gasteiger charge is 2.23. The van der Waals surface area contributed by atoms with Crippen molar-refractivity contribution in [3.05, 3.63) is 35.4 Å². The molecule has 0 radical (unpaired) electrons. The second-order valence-electron chi connectivity index (χ2n) is 5.18. The lowest BCUT2D eigenvalue weighted by molar-refractivity contribution is -0.133. The summed E-state index contributed by atoms with van der Waals surface area (Å²) in [6, 6.07) is 8.38. The van der Waals surface area contributed by atoms with Gasteiger partial charge in [-0.25, -0.2) is 0 Å². The molecular formula is C15H22N2O. The SMILES string of the molecule is Cc1ccc(CN(C)C(=O)[C@H]2CCCCN2)cc1. The van der Waals surface area contributed by atoms with E-state index in [0.717, 1.165) is 19.4 Å². The fourth-order valence-corrected chi connectivity index (χ4v) is 2.37. The Hall–Kier alpha value is -1.35. The summed E-state index contributed by atoms with van der Waals surface area (Å²) in [5, 5.41) is 3.30. The van der Waals surface area contributed by atoms with Gasteiger partial charge in [0.25, 0.3) is 0 Å². The number of hydrogen-bond acceptors (Lipinski definition) is 2. The zero-order valence-corrected chi connectivity index (χ0v) is 11.3. The van der Waals surface area contributed by atoms with Crippen molar-refractivity contribution < 1.29 is 4.79 Å². The van der Waals surface area contributed by atoms with Crippen LogP contribution in [0.15, 0.2) is 24.3 Å². The Bertz CT molecular complexity index is 393. The molecule has 0 spiro atoms. The lowest BCUT2D eigenvalue weighted by Gasteiger charge is -2.27. The van der Waals surface area contributed by atoms with Crippen LogP contribution < -0.4 is 5.32 Å². The molecule has 3 heteroatoms. The van der Waals surface area contributed by atoms with E-state index in [1.165, 1.54) is 17.5 Å². The Morgan fingerprint density at radius 2 is 2.06 bits per heavy atom. The fraction of sp³-hybridized carbons (Fsp3) is 0.533. The van der Waals surface area contributed by atoms with Crippen LogP contribution >= 0.6 is 0 Å². The van der Waals surface area contributed by atoms with E-state index in [1.54, 1.807) is 0 Å². The summed E-state index contributed by atoms with van der Waals surface area (Å²) in [6.45, 7) is 3.73. The maximum absolute atomic E-state index is 12.2. The molecule has 1 fully saturated rings. The van der Waals surface area contributed by atoms with E-state index in [-0.39, 0.29) is 11.9 Å². The fourth-order valence-electron chi connectivity index (χ4n) is 2.37. The zero-order chi connectivity index (χ0) is 13.0. The van der Waals surface area contributed by atoms with E-state index in [1.807, 2.05) is 11.9 Å². The van der Waals surface area contributed by atoms with Crippen molar-refractivity contribution in [1.82, 2.24) is 10.2 Å². The lowest BCUT2D eigenvalue weighted by atomic mass is 10.0. The first-order valence-corrected chi connectivity index (χ1v) is 6.71. The van der Waals surface area contributed by atoms with Gasteiger partial charge in [-0.05, 0) is 31.9 Å². The highest BCUT2D eigenvalue weighted by atomic mass is 16.2. The Morgan fingerprint density at radius 3 is 2.67 bits per heavy atom. The average Bonchev–Trinajstić information content (AvgIpc) is 2.41. The van der Waals surface area contributed by atoms with E-state index in [9.17, 15) is 4.79 Å². The molecule has 3 nitrogen and oxygen atoms in total. The monoisotopic (exact) mass is 246 g/mol. The molecule has 0 saturated carbocycles. The quantitative estimate of drug-likeness (QED) is 0.885. The predicted molar refractivity (Wildman–Crippen MR) is 73.3 cm³/mol. The number of carbonyl (C=O) groups excluding carboxylic acids is 1. The number of benzene rings is 1. The molecule has 1 aromatic rings. The molecule has 1 amide bonds. The maximum Gasteiger partial charge on any atom is 0.239 e. The number of carbonyl (C=O) groups is 1. The molecule has 0 aromatic heterocycles. The summed E-state index contributed by atoms with van der Waals surface area (Å²) in [5.74, 6) is 0.218. The number of nitrogens with one attached hydrogen (secondary N) is 1. The molecular weight excluding hydrogens is 224 g/mol. The number of likely N-dealkylation sites (N-methyl/N-ethyl adjacent to an activating group) is 1. The molecule has 1 N–H and O–H groups in total. The van der Waals surface area contributed by atoms with Gasteiger partial charge in [0, 0.05) is 13.6 Å². The minimum absolute atomic E-state index is 0.0224. The third-order valence-electron chi connectivity index (χ3n) is 3.52. The summed E-state index contributed by atoms with van der Waals surface area (Å²) in [7, 11) is 1.89. The summed E-state index contributed by atoms with van der Waals surface area (Å²) in [5.41, 5.74) is 2.44. The molecule has 1 aliphatic rings. The number of aryl methyl sites for hydroxylation is 1. The van der Waals surface area contributed by atoms with Crippen LogP contribution in [0.5, 0.6) is 0 Å². The number of amides is 1. The van der Waals surface area contributed by atoms with Gasteiger partial charge < -0.3 is 10.2 Å². The van der Waals surface area contributed by atoms with Crippen LogP contribution in [0.1, 0.15) is 30.4 Å². The van der Waals surface area contributed by atoms with Crippen molar-refractivity contribution in [2.75, 3.05) is 13.6 Å². The normalized spacial score (nSPS) is 19.6. The Kier molecular flexibility index (Phi) is 4.37. The summed E-state index contributed by atoms with van der Waals surface area (Å²) >= 11 is 0. The minimum Gasteiger partial charge on any atom is -0.340 e. The van der Waals surface area contributed by atoms with Gasteiger partial charge in [-0.2, -0.15) is 0 Å². The van der Waals surface area contributed by atoms with Gasteiger partial charge in [0.1, 0.15) is 0 Å². The molecule has 0 unspecified atom stereocenters. The molecule has 98 valence electrons. The average molecular weight is 246 g/mol.